The lowest BCUT2D eigenvalue weighted by molar-refractivity contribution is -0.135. The molecule has 0 bridgehead atoms. The Morgan fingerprint density at radius 2 is 1.96 bits per heavy atom. The van der Waals surface area contributed by atoms with E-state index in [4.69, 9.17) is 0 Å². The van der Waals surface area contributed by atoms with Crippen molar-refractivity contribution in [3.05, 3.63) is 47.5 Å². The minimum Gasteiger partial charge on any atom is -0.340 e. The SMILES string of the molecule is Cc1cc(C)cc(C2(C(=O)N3CCC[C@H](n4cncn4)C3)CC2)c1. The Balaban J connectivity index is 1.56. The molecule has 0 N–H and O–H groups in total. The summed E-state index contributed by atoms with van der Waals surface area (Å²) in [7, 11) is 0. The lowest BCUT2D eigenvalue weighted by Gasteiger charge is -2.35. The third-order valence-electron chi connectivity index (χ3n) is 5.43. The number of nitrogens with zero attached hydrogens (tertiary/aromatic N) is 4. The normalized spacial score (nSPS) is 22.4. The molecular weight excluding hydrogens is 300 g/mol. The van der Waals surface area contributed by atoms with Gasteiger partial charge < -0.3 is 4.90 Å². The van der Waals surface area contributed by atoms with Crippen LogP contribution in [-0.2, 0) is 10.2 Å². The molecule has 126 valence electrons. The van der Waals surface area contributed by atoms with E-state index in [2.05, 4.69) is 47.0 Å². The van der Waals surface area contributed by atoms with Gasteiger partial charge in [-0.3, -0.25) is 4.79 Å². The zero-order valence-corrected chi connectivity index (χ0v) is 14.4. The Bertz CT molecular complexity index is 728. The molecule has 1 aromatic carbocycles. The van der Waals surface area contributed by atoms with E-state index in [1.807, 2.05) is 4.68 Å². The second kappa shape index (κ2) is 5.72. The maximum Gasteiger partial charge on any atom is 0.233 e. The summed E-state index contributed by atoms with van der Waals surface area (Å²) in [6, 6.07) is 6.80. The Labute approximate surface area is 142 Å². The van der Waals surface area contributed by atoms with Crippen molar-refractivity contribution in [2.75, 3.05) is 13.1 Å². The number of hydrogen-bond donors (Lipinski definition) is 0. The summed E-state index contributed by atoms with van der Waals surface area (Å²) in [5, 5.41) is 4.26. The first-order valence-corrected chi connectivity index (χ1v) is 8.81. The van der Waals surface area contributed by atoms with Gasteiger partial charge in [-0.25, -0.2) is 9.67 Å². The van der Waals surface area contributed by atoms with E-state index in [9.17, 15) is 4.79 Å². The summed E-state index contributed by atoms with van der Waals surface area (Å²) in [5.41, 5.74) is 3.40. The van der Waals surface area contributed by atoms with Gasteiger partial charge in [0.15, 0.2) is 0 Å². The first kappa shape index (κ1) is 15.4. The molecule has 2 aromatic rings. The minimum atomic E-state index is -0.277. The number of aromatic nitrogens is 3. The monoisotopic (exact) mass is 324 g/mol. The van der Waals surface area contributed by atoms with Crippen molar-refractivity contribution in [2.45, 2.75) is 51.0 Å². The molecule has 0 radical (unpaired) electrons. The van der Waals surface area contributed by atoms with E-state index in [-0.39, 0.29) is 11.5 Å². The zero-order valence-electron chi connectivity index (χ0n) is 14.4. The number of hydrogen-bond acceptors (Lipinski definition) is 3. The molecule has 1 saturated heterocycles. The van der Waals surface area contributed by atoms with Crippen molar-refractivity contribution in [1.29, 1.82) is 0 Å². The van der Waals surface area contributed by atoms with Crippen molar-refractivity contribution in [3.63, 3.8) is 0 Å². The number of carbonyl (C=O) groups excluding carboxylic acids is 1. The molecule has 2 heterocycles. The van der Waals surface area contributed by atoms with E-state index in [1.165, 1.54) is 16.7 Å². The van der Waals surface area contributed by atoms with Crippen LogP contribution >= 0.6 is 0 Å². The summed E-state index contributed by atoms with van der Waals surface area (Å²) in [6.07, 6.45) is 7.36. The number of likely N-dealkylation sites (tertiary alicyclic amines) is 1. The van der Waals surface area contributed by atoms with E-state index < -0.39 is 0 Å². The highest BCUT2D eigenvalue weighted by molar-refractivity contribution is 5.91. The van der Waals surface area contributed by atoms with Crippen LogP contribution in [-0.4, -0.2) is 38.7 Å². The molecule has 1 aromatic heterocycles. The first-order chi connectivity index (χ1) is 11.6. The zero-order chi connectivity index (χ0) is 16.7. The Kier molecular flexibility index (Phi) is 3.66. The second-order valence-electron chi connectivity index (χ2n) is 7.38. The average Bonchev–Trinajstić information content (AvgIpc) is 3.20. The molecule has 1 aliphatic heterocycles. The fraction of sp³-hybridized carbons (Fsp3) is 0.526. The van der Waals surface area contributed by atoms with Crippen LogP contribution in [0.25, 0.3) is 0 Å². The van der Waals surface area contributed by atoms with Gasteiger partial charge >= 0.3 is 0 Å². The van der Waals surface area contributed by atoms with Crippen LogP contribution in [0.3, 0.4) is 0 Å². The number of aryl methyl sites for hydroxylation is 2. The van der Waals surface area contributed by atoms with Crippen LogP contribution in [0.2, 0.25) is 0 Å². The van der Waals surface area contributed by atoms with Gasteiger partial charge in [-0.15, -0.1) is 0 Å². The highest BCUT2D eigenvalue weighted by Crippen LogP contribution is 2.50. The van der Waals surface area contributed by atoms with E-state index in [0.29, 0.717) is 5.91 Å². The maximum absolute atomic E-state index is 13.3. The highest BCUT2D eigenvalue weighted by atomic mass is 16.2. The molecule has 5 heteroatoms. The summed E-state index contributed by atoms with van der Waals surface area (Å²) in [6.45, 7) is 5.82. The summed E-state index contributed by atoms with van der Waals surface area (Å²) < 4.78 is 1.90. The topological polar surface area (TPSA) is 51.0 Å². The third kappa shape index (κ3) is 2.62. The second-order valence-corrected chi connectivity index (χ2v) is 7.38. The standard InChI is InChI=1S/C19H24N4O/c1-14-8-15(2)10-16(9-14)19(5-6-19)18(24)22-7-3-4-17(11-22)23-13-20-12-21-23/h8-10,12-13,17H,3-7,11H2,1-2H3/t17-/m0/s1. The molecule has 1 atom stereocenters. The lowest BCUT2D eigenvalue weighted by atomic mass is 9.90. The molecule has 0 unspecified atom stereocenters. The first-order valence-electron chi connectivity index (χ1n) is 8.81. The Morgan fingerprint density at radius 3 is 2.58 bits per heavy atom. The average molecular weight is 324 g/mol. The van der Waals surface area contributed by atoms with Crippen molar-refractivity contribution in [3.8, 4) is 0 Å². The molecule has 1 aliphatic carbocycles. The predicted octanol–water partition coefficient (Wildman–Crippen LogP) is 2.79. The van der Waals surface area contributed by atoms with Crippen LogP contribution in [0.15, 0.2) is 30.9 Å². The Hall–Kier alpha value is -2.17. The highest BCUT2D eigenvalue weighted by Gasteiger charge is 2.53. The lowest BCUT2D eigenvalue weighted by Crippen LogP contribution is -2.45. The minimum absolute atomic E-state index is 0.250. The van der Waals surface area contributed by atoms with E-state index in [0.717, 1.165) is 38.8 Å². The molecule has 4 rings (SSSR count). The predicted molar refractivity (Wildman–Crippen MR) is 91.7 cm³/mol. The number of rotatable bonds is 3. The summed E-state index contributed by atoms with van der Waals surface area (Å²) in [5.74, 6) is 0.303. The number of carbonyl (C=O) groups is 1. The van der Waals surface area contributed by atoms with Gasteiger partial charge in [0.05, 0.1) is 11.5 Å². The number of amides is 1. The van der Waals surface area contributed by atoms with Crippen LogP contribution in [0, 0.1) is 13.8 Å². The van der Waals surface area contributed by atoms with Gasteiger partial charge in [0, 0.05) is 13.1 Å². The summed E-state index contributed by atoms with van der Waals surface area (Å²) >= 11 is 0. The van der Waals surface area contributed by atoms with Gasteiger partial charge in [0.2, 0.25) is 5.91 Å². The van der Waals surface area contributed by atoms with E-state index >= 15 is 0 Å². The van der Waals surface area contributed by atoms with Crippen LogP contribution in [0.1, 0.15) is 48.4 Å². The number of piperidine rings is 1. The third-order valence-corrected chi connectivity index (χ3v) is 5.43. The largest absolute Gasteiger partial charge is 0.340 e. The number of benzene rings is 1. The van der Waals surface area contributed by atoms with Gasteiger partial charge in [0.25, 0.3) is 0 Å². The smallest absolute Gasteiger partial charge is 0.233 e. The Morgan fingerprint density at radius 1 is 1.21 bits per heavy atom. The quantitative estimate of drug-likeness (QED) is 0.872. The van der Waals surface area contributed by atoms with Crippen molar-refractivity contribution >= 4 is 5.91 Å². The van der Waals surface area contributed by atoms with Gasteiger partial charge in [-0.2, -0.15) is 5.10 Å². The van der Waals surface area contributed by atoms with Crippen molar-refractivity contribution in [1.82, 2.24) is 19.7 Å². The van der Waals surface area contributed by atoms with Crippen molar-refractivity contribution < 1.29 is 4.79 Å². The van der Waals surface area contributed by atoms with Crippen molar-refractivity contribution in [2.24, 2.45) is 0 Å². The molecule has 2 aliphatic rings. The fourth-order valence-electron chi connectivity index (χ4n) is 4.07. The molecule has 0 spiro atoms. The fourth-order valence-corrected chi connectivity index (χ4v) is 4.07. The molecule has 5 nitrogen and oxygen atoms in total. The molecule has 2 fully saturated rings. The molecular formula is C19H24N4O. The maximum atomic E-state index is 13.3. The molecule has 1 saturated carbocycles. The summed E-state index contributed by atoms with van der Waals surface area (Å²) in [4.78, 5) is 19.4. The van der Waals surface area contributed by atoms with Crippen LogP contribution in [0.4, 0.5) is 0 Å². The molecule has 24 heavy (non-hydrogen) atoms. The van der Waals surface area contributed by atoms with E-state index in [1.54, 1.807) is 12.7 Å². The molecule has 1 amide bonds. The van der Waals surface area contributed by atoms with Crippen LogP contribution < -0.4 is 0 Å². The van der Waals surface area contributed by atoms with Crippen LogP contribution in [0.5, 0.6) is 0 Å². The van der Waals surface area contributed by atoms with Gasteiger partial charge in [-0.1, -0.05) is 29.3 Å². The van der Waals surface area contributed by atoms with Gasteiger partial charge in [0.1, 0.15) is 12.7 Å². The van der Waals surface area contributed by atoms with Gasteiger partial charge in [-0.05, 0) is 45.1 Å².